The molecule has 1 atom stereocenters. The molecule has 0 saturated heterocycles. The van der Waals surface area contributed by atoms with Gasteiger partial charge in [-0.25, -0.2) is 8.42 Å². The van der Waals surface area contributed by atoms with Gasteiger partial charge in [0.05, 0.1) is 10.6 Å². The van der Waals surface area contributed by atoms with Gasteiger partial charge >= 0.3 is 0 Å². The Hall–Kier alpha value is -3.32. The van der Waals surface area contributed by atoms with Gasteiger partial charge in [-0.05, 0) is 80.8 Å². The summed E-state index contributed by atoms with van der Waals surface area (Å²) in [5, 5.41) is 2.75. The summed E-state index contributed by atoms with van der Waals surface area (Å²) in [4.78, 5) is 12.6. The molecule has 1 amide bonds. The second-order valence-electron chi connectivity index (χ2n) is 7.39. The van der Waals surface area contributed by atoms with Crippen molar-refractivity contribution in [3.63, 3.8) is 0 Å². The van der Waals surface area contributed by atoms with E-state index in [4.69, 9.17) is 4.74 Å². The maximum atomic E-state index is 12.6. The Morgan fingerprint density at radius 3 is 2.19 bits per heavy atom. The molecule has 0 spiro atoms. The topological polar surface area (TPSA) is 84.5 Å². The molecule has 162 valence electrons. The predicted molar refractivity (Wildman–Crippen MR) is 123 cm³/mol. The summed E-state index contributed by atoms with van der Waals surface area (Å²) < 4.78 is 33.7. The largest absolute Gasteiger partial charge is 0.481 e. The first-order valence-electron chi connectivity index (χ1n) is 9.89. The van der Waals surface area contributed by atoms with Crippen LogP contribution in [-0.2, 0) is 14.8 Å². The van der Waals surface area contributed by atoms with E-state index < -0.39 is 16.1 Å². The number of hydrogen-bond donors (Lipinski definition) is 2. The zero-order chi connectivity index (χ0) is 22.6. The van der Waals surface area contributed by atoms with Crippen LogP contribution in [-0.4, -0.2) is 20.4 Å². The maximum absolute atomic E-state index is 12.6. The normalized spacial score (nSPS) is 12.1. The number of para-hydroxylation sites is 1. The molecular formula is C24H26N2O4S. The minimum atomic E-state index is -3.73. The van der Waals surface area contributed by atoms with Crippen LogP contribution in [0.2, 0.25) is 0 Å². The standard InChI is InChI=1S/C24H26N2O4S/c1-16-9-7-11-23(18(16)3)30-19(4)24(27)25-20-12-14-21(15-13-20)31(28,29)26-22-10-6-5-8-17(22)2/h5-15,19,26H,1-4H3,(H,25,27). The van der Waals surface area contributed by atoms with Gasteiger partial charge in [-0.15, -0.1) is 0 Å². The number of carbonyl (C=O) groups excluding carboxylic acids is 1. The Kier molecular flexibility index (Phi) is 6.65. The lowest BCUT2D eigenvalue weighted by Crippen LogP contribution is -2.30. The molecule has 6 nitrogen and oxygen atoms in total. The van der Waals surface area contributed by atoms with E-state index in [9.17, 15) is 13.2 Å². The summed E-state index contributed by atoms with van der Waals surface area (Å²) in [7, 11) is -3.73. The van der Waals surface area contributed by atoms with Gasteiger partial charge < -0.3 is 10.1 Å². The van der Waals surface area contributed by atoms with Crippen molar-refractivity contribution in [1.82, 2.24) is 0 Å². The molecule has 0 aromatic heterocycles. The summed E-state index contributed by atoms with van der Waals surface area (Å²) in [5.74, 6) is 0.334. The molecular weight excluding hydrogens is 412 g/mol. The molecule has 0 aliphatic rings. The molecule has 31 heavy (non-hydrogen) atoms. The van der Waals surface area contributed by atoms with Crippen molar-refractivity contribution in [3.8, 4) is 5.75 Å². The van der Waals surface area contributed by atoms with Gasteiger partial charge in [0.1, 0.15) is 5.75 Å². The van der Waals surface area contributed by atoms with Gasteiger partial charge in [0, 0.05) is 5.69 Å². The van der Waals surface area contributed by atoms with Gasteiger partial charge in [0.2, 0.25) is 0 Å². The average molecular weight is 439 g/mol. The van der Waals surface area contributed by atoms with Crippen molar-refractivity contribution in [3.05, 3.63) is 83.4 Å². The van der Waals surface area contributed by atoms with Crippen LogP contribution < -0.4 is 14.8 Å². The highest BCUT2D eigenvalue weighted by atomic mass is 32.2. The third kappa shape index (κ3) is 5.44. The van der Waals surface area contributed by atoms with Crippen LogP contribution in [0.5, 0.6) is 5.75 Å². The van der Waals surface area contributed by atoms with Crippen LogP contribution in [0.15, 0.2) is 71.6 Å². The van der Waals surface area contributed by atoms with Crippen LogP contribution in [0.25, 0.3) is 0 Å². The van der Waals surface area contributed by atoms with E-state index in [2.05, 4.69) is 10.0 Å². The molecule has 3 aromatic carbocycles. The van der Waals surface area contributed by atoms with E-state index in [-0.39, 0.29) is 10.8 Å². The monoisotopic (exact) mass is 438 g/mol. The van der Waals surface area contributed by atoms with Crippen molar-refractivity contribution in [1.29, 1.82) is 0 Å². The molecule has 0 heterocycles. The SMILES string of the molecule is Cc1ccccc1NS(=O)(=O)c1ccc(NC(=O)C(C)Oc2cccc(C)c2C)cc1. The summed E-state index contributed by atoms with van der Waals surface area (Å²) in [6, 6.07) is 18.8. The van der Waals surface area contributed by atoms with Crippen molar-refractivity contribution in [2.45, 2.75) is 38.7 Å². The summed E-state index contributed by atoms with van der Waals surface area (Å²) in [6.07, 6.45) is -0.716. The van der Waals surface area contributed by atoms with E-state index in [1.54, 1.807) is 31.2 Å². The molecule has 3 aromatic rings. The van der Waals surface area contributed by atoms with Crippen molar-refractivity contribution in [2.24, 2.45) is 0 Å². The van der Waals surface area contributed by atoms with E-state index >= 15 is 0 Å². The van der Waals surface area contributed by atoms with Crippen LogP contribution in [0, 0.1) is 20.8 Å². The Morgan fingerprint density at radius 1 is 0.871 bits per heavy atom. The molecule has 0 aliphatic heterocycles. The summed E-state index contributed by atoms with van der Waals surface area (Å²) >= 11 is 0. The second-order valence-corrected chi connectivity index (χ2v) is 9.07. The van der Waals surface area contributed by atoms with Crippen molar-refractivity contribution >= 4 is 27.3 Å². The fourth-order valence-corrected chi connectivity index (χ4v) is 4.08. The Morgan fingerprint density at radius 2 is 1.52 bits per heavy atom. The minimum absolute atomic E-state index is 0.105. The molecule has 1 unspecified atom stereocenters. The molecule has 3 rings (SSSR count). The van der Waals surface area contributed by atoms with Gasteiger partial charge in [-0.3, -0.25) is 9.52 Å². The molecule has 0 radical (unpaired) electrons. The zero-order valence-corrected chi connectivity index (χ0v) is 18.8. The van der Waals surface area contributed by atoms with E-state index in [0.717, 1.165) is 16.7 Å². The average Bonchev–Trinajstić information content (AvgIpc) is 2.73. The number of hydrogen-bond acceptors (Lipinski definition) is 4. The fourth-order valence-electron chi connectivity index (χ4n) is 2.95. The van der Waals surface area contributed by atoms with E-state index in [1.165, 1.54) is 12.1 Å². The Bertz CT molecular complexity index is 1190. The first-order chi connectivity index (χ1) is 14.7. The van der Waals surface area contributed by atoms with Crippen LogP contribution >= 0.6 is 0 Å². The fraction of sp³-hybridized carbons (Fsp3) is 0.208. The van der Waals surface area contributed by atoms with Gasteiger partial charge in [0.25, 0.3) is 15.9 Å². The molecule has 0 fully saturated rings. The van der Waals surface area contributed by atoms with Crippen LogP contribution in [0.3, 0.4) is 0 Å². The number of aryl methyl sites for hydroxylation is 2. The predicted octanol–water partition coefficient (Wildman–Crippen LogP) is 4.82. The number of carbonyl (C=O) groups is 1. The highest BCUT2D eigenvalue weighted by Crippen LogP contribution is 2.23. The third-order valence-electron chi connectivity index (χ3n) is 5.05. The third-order valence-corrected chi connectivity index (χ3v) is 6.43. The first kappa shape index (κ1) is 22.4. The number of benzene rings is 3. The Balaban J connectivity index is 1.66. The first-order valence-corrected chi connectivity index (χ1v) is 11.4. The number of rotatable bonds is 7. The maximum Gasteiger partial charge on any atom is 0.265 e. The summed E-state index contributed by atoms with van der Waals surface area (Å²) in [5.41, 5.74) is 3.90. The number of sulfonamides is 1. The number of nitrogens with one attached hydrogen (secondary N) is 2. The lowest BCUT2D eigenvalue weighted by atomic mass is 10.1. The highest BCUT2D eigenvalue weighted by Gasteiger charge is 2.18. The van der Waals surface area contributed by atoms with Gasteiger partial charge in [-0.1, -0.05) is 30.3 Å². The molecule has 7 heteroatoms. The van der Waals surface area contributed by atoms with Crippen LogP contribution in [0.4, 0.5) is 11.4 Å². The van der Waals surface area contributed by atoms with Gasteiger partial charge in [-0.2, -0.15) is 0 Å². The van der Waals surface area contributed by atoms with Crippen molar-refractivity contribution in [2.75, 3.05) is 10.0 Å². The van der Waals surface area contributed by atoms with Crippen molar-refractivity contribution < 1.29 is 17.9 Å². The number of amides is 1. The second kappa shape index (κ2) is 9.22. The lowest BCUT2D eigenvalue weighted by Gasteiger charge is -2.17. The number of anilines is 2. The minimum Gasteiger partial charge on any atom is -0.481 e. The van der Waals surface area contributed by atoms with E-state index in [1.807, 2.05) is 51.1 Å². The molecule has 2 N–H and O–H groups in total. The highest BCUT2D eigenvalue weighted by molar-refractivity contribution is 7.92. The molecule has 0 aliphatic carbocycles. The lowest BCUT2D eigenvalue weighted by molar-refractivity contribution is -0.122. The smallest absolute Gasteiger partial charge is 0.265 e. The number of ether oxygens (including phenoxy) is 1. The molecule has 0 bridgehead atoms. The quantitative estimate of drug-likeness (QED) is 0.554. The Labute approximate surface area is 183 Å². The van der Waals surface area contributed by atoms with Gasteiger partial charge in [0.15, 0.2) is 6.10 Å². The molecule has 0 saturated carbocycles. The van der Waals surface area contributed by atoms with E-state index in [0.29, 0.717) is 17.1 Å². The zero-order valence-electron chi connectivity index (χ0n) is 18.0. The summed E-state index contributed by atoms with van der Waals surface area (Å²) in [6.45, 7) is 7.43. The van der Waals surface area contributed by atoms with Crippen LogP contribution in [0.1, 0.15) is 23.6 Å².